The first-order valence-electron chi connectivity index (χ1n) is 13.0. The van der Waals surface area contributed by atoms with Gasteiger partial charge >= 0.3 is 12.0 Å². The molecule has 0 aromatic heterocycles. The molecule has 0 aliphatic rings. The largest absolute Gasteiger partial charge is 0.480 e. The van der Waals surface area contributed by atoms with Gasteiger partial charge < -0.3 is 24.8 Å². The Bertz CT molecular complexity index is 1570. The molecule has 0 saturated carbocycles. The SMILES string of the molecule is COC(=O)c1cc(NC(=O)Nc2cccc(Oc3ccccc3)c2)ccc1OC(c1ccccc1)c1ccccc1. The molecule has 2 N–H and O–H groups in total. The minimum Gasteiger partial charge on any atom is -0.480 e. The fourth-order valence-electron chi connectivity index (χ4n) is 4.25. The summed E-state index contributed by atoms with van der Waals surface area (Å²) in [6.45, 7) is 0. The molecule has 41 heavy (non-hydrogen) atoms. The standard InChI is InChI=1S/C34H28N2O5/c1-39-33(37)30-23-27(36-34(38)35-26-16-11-19-29(22-26)40-28-17-9-4-10-18-28)20-21-31(30)41-32(24-12-5-2-6-13-24)25-14-7-3-8-15-25/h2-23,32H,1H3,(H2,35,36,38). The van der Waals surface area contributed by atoms with Crippen LogP contribution in [-0.2, 0) is 4.74 Å². The van der Waals surface area contributed by atoms with Crippen LogP contribution < -0.4 is 20.1 Å². The molecule has 0 atom stereocenters. The molecule has 0 saturated heterocycles. The molecule has 5 aromatic rings. The Morgan fingerprint density at radius 2 is 1.17 bits per heavy atom. The third kappa shape index (κ3) is 7.10. The molecule has 5 aromatic carbocycles. The lowest BCUT2D eigenvalue weighted by Gasteiger charge is -2.22. The van der Waals surface area contributed by atoms with E-state index in [1.165, 1.54) is 13.2 Å². The highest BCUT2D eigenvalue weighted by molar-refractivity contribution is 6.01. The second-order valence-corrected chi connectivity index (χ2v) is 9.04. The normalized spacial score (nSPS) is 10.5. The number of carbonyl (C=O) groups excluding carboxylic acids is 2. The van der Waals surface area contributed by atoms with Crippen molar-refractivity contribution in [1.82, 2.24) is 0 Å². The molecule has 0 radical (unpaired) electrons. The number of para-hydroxylation sites is 1. The molecule has 204 valence electrons. The minimum absolute atomic E-state index is 0.181. The third-order valence-electron chi connectivity index (χ3n) is 6.16. The molecule has 7 heteroatoms. The second-order valence-electron chi connectivity index (χ2n) is 9.04. The Kier molecular flexibility index (Phi) is 8.56. The van der Waals surface area contributed by atoms with E-state index in [1.54, 1.807) is 36.4 Å². The van der Waals surface area contributed by atoms with Gasteiger partial charge in [0.05, 0.1) is 7.11 Å². The Hall–Kier alpha value is -5.56. The first-order chi connectivity index (χ1) is 20.1. The Balaban J connectivity index is 1.33. The van der Waals surface area contributed by atoms with Gasteiger partial charge in [0, 0.05) is 17.4 Å². The molecule has 0 aliphatic carbocycles. The van der Waals surface area contributed by atoms with E-state index in [0.717, 1.165) is 11.1 Å². The molecule has 0 unspecified atom stereocenters. The molecular weight excluding hydrogens is 516 g/mol. The summed E-state index contributed by atoms with van der Waals surface area (Å²) in [6.07, 6.45) is -0.465. The summed E-state index contributed by atoms with van der Waals surface area (Å²) in [6, 6.07) is 40.3. The molecule has 2 amide bonds. The lowest BCUT2D eigenvalue weighted by Crippen LogP contribution is -2.20. The summed E-state index contributed by atoms with van der Waals surface area (Å²) in [5.74, 6) is 1.00. The zero-order valence-electron chi connectivity index (χ0n) is 22.3. The van der Waals surface area contributed by atoms with Crippen molar-refractivity contribution in [3.63, 3.8) is 0 Å². The maximum Gasteiger partial charge on any atom is 0.341 e. The number of nitrogens with one attached hydrogen (secondary N) is 2. The van der Waals surface area contributed by atoms with Crippen LogP contribution in [0.5, 0.6) is 17.2 Å². The first-order valence-corrected chi connectivity index (χ1v) is 13.0. The van der Waals surface area contributed by atoms with E-state index < -0.39 is 18.1 Å². The van der Waals surface area contributed by atoms with Crippen LogP contribution in [0, 0.1) is 0 Å². The highest BCUT2D eigenvalue weighted by Crippen LogP contribution is 2.32. The fraction of sp³-hybridized carbons (Fsp3) is 0.0588. The van der Waals surface area contributed by atoms with Crippen molar-refractivity contribution in [1.29, 1.82) is 0 Å². The van der Waals surface area contributed by atoms with Gasteiger partial charge in [-0.3, -0.25) is 0 Å². The van der Waals surface area contributed by atoms with Crippen molar-refractivity contribution < 1.29 is 23.8 Å². The van der Waals surface area contributed by atoms with Crippen LogP contribution in [0.2, 0.25) is 0 Å². The van der Waals surface area contributed by atoms with Crippen LogP contribution in [-0.4, -0.2) is 19.1 Å². The molecule has 0 spiro atoms. The number of anilines is 2. The second kappa shape index (κ2) is 13.0. The third-order valence-corrected chi connectivity index (χ3v) is 6.16. The lowest BCUT2D eigenvalue weighted by atomic mass is 10.0. The van der Waals surface area contributed by atoms with Crippen LogP contribution in [0.1, 0.15) is 27.6 Å². The number of methoxy groups -OCH3 is 1. The molecule has 7 nitrogen and oxygen atoms in total. The smallest absolute Gasteiger partial charge is 0.341 e. The number of benzene rings is 5. The maximum atomic E-state index is 12.8. The van der Waals surface area contributed by atoms with Gasteiger partial charge in [-0.25, -0.2) is 9.59 Å². The van der Waals surface area contributed by atoms with Crippen molar-refractivity contribution in [2.24, 2.45) is 0 Å². The van der Waals surface area contributed by atoms with Gasteiger partial charge in [0.1, 0.15) is 28.9 Å². The first kappa shape index (κ1) is 27.0. The van der Waals surface area contributed by atoms with Gasteiger partial charge in [0.2, 0.25) is 0 Å². The summed E-state index contributed by atoms with van der Waals surface area (Å²) in [5.41, 5.74) is 2.96. The number of esters is 1. The van der Waals surface area contributed by atoms with Crippen LogP contribution in [0.15, 0.2) is 133 Å². The zero-order chi connectivity index (χ0) is 28.4. The minimum atomic E-state index is -0.588. The average molecular weight is 545 g/mol. The van der Waals surface area contributed by atoms with E-state index in [4.69, 9.17) is 14.2 Å². The van der Waals surface area contributed by atoms with E-state index in [1.807, 2.05) is 91.0 Å². The van der Waals surface area contributed by atoms with E-state index in [2.05, 4.69) is 10.6 Å². The highest BCUT2D eigenvalue weighted by Gasteiger charge is 2.21. The summed E-state index contributed by atoms with van der Waals surface area (Å²) in [7, 11) is 1.30. The van der Waals surface area contributed by atoms with Gasteiger partial charge in [0.25, 0.3) is 0 Å². The van der Waals surface area contributed by atoms with Crippen molar-refractivity contribution in [2.45, 2.75) is 6.10 Å². The Morgan fingerprint density at radius 3 is 1.78 bits per heavy atom. The van der Waals surface area contributed by atoms with Gasteiger partial charge in [-0.1, -0.05) is 84.9 Å². The summed E-state index contributed by atoms with van der Waals surface area (Å²) in [5, 5.41) is 5.56. The van der Waals surface area contributed by atoms with Crippen LogP contribution >= 0.6 is 0 Å². The van der Waals surface area contributed by atoms with Crippen molar-refractivity contribution in [3.05, 3.63) is 150 Å². The molecule has 5 rings (SSSR count). The highest BCUT2D eigenvalue weighted by atomic mass is 16.5. The molecule has 0 fully saturated rings. The topological polar surface area (TPSA) is 85.9 Å². The number of urea groups is 1. The number of ether oxygens (including phenoxy) is 3. The molecule has 0 aliphatic heterocycles. The molecular formula is C34H28N2O5. The zero-order valence-corrected chi connectivity index (χ0v) is 22.3. The predicted molar refractivity (Wildman–Crippen MR) is 159 cm³/mol. The van der Waals surface area contributed by atoms with E-state index in [0.29, 0.717) is 28.6 Å². The van der Waals surface area contributed by atoms with Crippen molar-refractivity contribution in [3.8, 4) is 17.2 Å². The van der Waals surface area contributed by atoms with Crippen LogP contribution in [0.25, 0.3) is 0 Å². The number of rotatable bonds is 9. The van der Waals surface area contributed by atoms with Gasteiger partial charge in [-0.05, 0) is 53.6 Å². The molecule has 0 bridgehead atoms. The maximum absolute atomic E-state index is 12.8. The number of carbonyl (C=O) groups is 2. The van der Waals surface area contributed by atoms with Crippen molar-refractivity contribution >= 4 is 23.4 Å². The van der Waals surface area contributed by atoms with Gasteiger partial charge in [-0.15, -0.1) is 0 Å². The fourth-order valence-corrected chi connectivity index (χ4v) is 4.25. The Morgan fingerprint density at radius 1 is 0.610 bits per heavy atom. The lowest BCUT2D eigenvalue weighted by molar-refractivity contribution is 0.0594. The summed E-state index contributed by atoms with van der Waals surface area (Å²) >= 11 is 0. The van der Waals surface area contributed by atoms with Crippen molar-refractivity contribution in [2.75, 3.05) is 17.7 Å². The van der Waals surface area contributed by atoms with Gasteiger partial charge in [-0.2, -0.15) is 0 Å². The van der Waals surface area contributed by atoms with Crippen LogP contribution in [0.3, 0.4) is 0 Å². The van der Waals surface area contributed by atoms with Gasteiger partial charge in [0.15, 0.2) is 0 Å². The average Bonchev–Trinajstić information content (AvgIpc) is 3.01. The number of hydrogen-bond acceptors (Lipinski definition) is 5. The summed E-state index contributed by atoms with van der Waals surface area (Å²) in [4.78, 5) is 25.6. The Labute approximate surface area is 238 Å². The van der Waals surface area contributed by atoms with E-state index in [-0.39, 0.29) is 5.56 Å². The quantitative estimate of drug-likeness (QED) is 0.183. The molecule has 0 heterocycles. The number of hydrogen-bond donors (Lipinski definition) is 2. The predicted octanol–water partition coefficient (Wildman–Crippen LogP) is 8.08. The van der Waals surface area contributed by atoms with E-state index in [9.17, 15) is 9.59 Å². The monoisotopic (exact) mass is 544 g/mol. The number of amides is 2. The van der Waals surface area contributed by atoms with Crippen LogP contribution in [0.4, 0.5) is 16.2 Å². The summed E-state index contributed by atoms with van der Waals surface area (Å²) < 4.78 is 17.3. The van der Waals surface area contributed by atoms with E-state index >= 15 is 0 Å².